The molecule has 20 heavy (non-hydrogen) atoms. The maximum absolute atomic E-state index is 9.38. The summed E-state index contributed by atoms with van der Waals surface area (Å²) in [5.74, 6) is 1.66. The summed E-state index contributed by atoms with van der Waals surface area (Å²) in [6.45, 7) is 0. The van der Waals surface area contributed by atoms with E-state index in [2.05, 4.69) is 15.1 Å². The Hall–Kier alpha value is -2.34. The molecule has 0 aliphatic rings. The molecule has 0 unspecified atom stereocenters. The van der Waals surface area contributed by atoms with E-state index in [-0.39, 0.29) is 5.75 Å². The normalized spacial score (nSPS) is 10.6. The molecule has 5 nitrogen and oxygen atoms in total. The number of aromatic hydroxyl groups is 1. The van der Waals surface area contributed by atoms with E-state index in [1.165, 1.54) is 12.3 Å². The van der Waals surface area contributed by atoms with Crippen LogP contribution in [-0.2, 0) is 5.75 Å². The van der Waals surface area contributed by atoms with E-state index >= 15 is 0 Å². The Bertz CT molecular complexity index is 700. The molecule has 1 aromatic carbocycles. The van der Waals surface area contributed by atoms with Crippen LogP contribution in [-0.4, -0.2) is 20.2 Å². The molecule has 0 amide bonds. The predicted octanol–water partition coefficient (Wildman–Crippen LogP) is 3.13. The monoisotopic (exact) mass is 285 g/mol. The lowest BCUT2D eigenvalue weighted by atomic mass is 10.3. The van der Waals surface area contributed by atoms with Crippen LogP contribution in [0.4, 0.5) is 0 Å². The summed E-state index contributed by atoms with van der Waals surface area (Å²) >= 11 is 1.64. The van der Waals surface area contributed by atoms with Gasteiger partial charge in [-0.25, -0.2) is 0 Å². The molecule has 6 heteroatoms. The molecule has 0 saturated carbocycles. The average molecular weight is 285 g/mol. The minimum Gasteiger partial charge on any atom is -0.506 e. The first-order valence-electron chi connectivity index (χ1n) is 5.96. The second kappa shape index (κ2) is 5.75. The Labute approximate surface area is 119 Å². The van der Waals surface area contributed by atoms with Crippen molar-refractivity contribution in [2.45, 2.75) is 10.6 Å². The van der Waals surface area contributed by atoms with E-state index in [9.17, 15) is 5.11 Å². The van der Waals surface area contributed by atoms with Crippen molar-refractivity contribution in [2.24, 2.45) is 0 Å². The maximum atomic E-state index is 9.38. The Kier molecular flexibility index (Phi) is 3.64. The van der Waals surface area contributed by atoms with E-state index < -0.39 is 0 Å². The van der Waals surface area contributed by atoms with Gasteiger partial charge in [0.2, 0.25) is 0 Å². The van der Waals surface area contributed by atoms with Crippen molar-refractivity contribution in [2.75, 3.05) is 0 Å². The fourth-order valence-electron chi connectivity index (χ4n) is 1.64. The summed E-state index contributed by atoms with van der Waals surface area (Å²) in [7, 11) is 0. The van der Waals surface area contributed by atoms with Crippen molar-refractivity contribution >= 4 is 11.8 Å². The lowest BCUT2D eigenvalue weighted by molar-refractivity contribution is 0.424. The third-order valence-corrected chi connectivity index (χ3v) is 3.56. The third-order valence-electron chi connectivity index (χ3n) is 2.55. The third kappa shape index (κ3) is 2.97. The Morgan fingerprint density at radius 1 is 1.15 bits per heavy atom. The van der Waals surface area contributed by atoms with Gasteiger partial charge < -0.3 is 9.63 Å². The molecule has 3 aromatic rings. The minimum absolute atomic E-state index is 0.0703. The number of aromatic nitrogens is 3. The summed E-state index contributed by atoms with van der Waals surface area (Å²) in [6, 6.07) is 11.6. The van der Waals surface area contributed by atoms with Crippen molar-refractivity contribution in [3.63, 3.8) is 0 Å². The number of rotatable bonds is 4. The van der Waals surface area contributed by atoms with E-state index in [1.54, 1.807) is 18.0 Å². The fourth-order valence-corrected chi connectivity index (χ4v) is 2.40. The van der Waals surface area contributed by atoms with Crippen LogP contribution in [0.5, 0.6) is 5.75 Å². The van der Waals surface area contributed by atoms with Crippen LogP contribution in [0, 0.1) is 0 Å². The highest BCUT2D eigenvalue weighted by Gasteiger charge is 2.10. The number of thioether (sulfide) groups is 1. The van der Waals surface area contributed by atoms with Gasteiger partial charge >= 0.3 is 0 Å². The molecule has 2 aromatic heterocycles. The van der Waals surface area contributed by atoms with E-state index in [4.69, 9.17) is 4.52 Å². The molecule has 0 radical (unpaired) electrons. The molecule has 0 spiro atoms. The molecule has 0 bridgehead atoms. The number of hydrogen-bond acceptors (Lipinski definition) is 6. The molecular weight excluding hydrogens is 274 g/mol. The maximum Gasteiger partial charge on any atom is 0.259 e. The van der Waals surface area contributed by atoms with Crippen molar-refractivity contribution in [1.29, 1.82) is 0 Å². The first-order chi connectivity index (χ1) is 9.81. The Morgan fingerprint density at radius 3 is 2.80 bits per heavy atom. The van der Waals surface area contributed by atoms with Crippen LogP contribution in [0.15, 0.2) is 58.2 Å². The second-order valence-corrected chi connectivity index (χ2v) is 5.10. The van der Waals surface area contributed by atoms with Crippen molar-refractivity contribution in [3.8, 4) is 17.2 Å². The molecule has 0 aliphatic heterocycles. The molecule has 100 valence electrons. The molecule has 2 heterocycles. The van der Waals surface area contributed by atoms with E-state index in [0.29, 0.717) is 23.0 Å². The van der Waals surface area contributed by atoms with Crippen molar-refractivity contribution in [1.82, 2.24) is 15.1 Å². The zero-order chi connectivity index (χ0) is 13.8. The van der Waals surface area contributed by atoms with Crippen LogP contribution in [0.25, 0.3) is 11.5 Å². The first kappa shape index (κ1) is 12.7. The van der Waals surface area contributed by atoms with Gasteiger partial charge in [-0.05, 0) is 18.2 Å². The van der Waals surface area contributed by atoms with Crippen LogP contribution in [0.2, 0.25) is 0 Å². The quantitative estimate of drug-likeness (QED) is 0.742. The molecule has 0 saturated heterocycles. The summed E-state index contributed by atoms with van der Waals surface area (Å²) in [5, 5.41) is 13.3. The molecular formula is C14H11N3O2S. The largest absolute Gasteiger partial charge is 0.506 e. The SMILES string of the molecule is Oc1cncc(-c2nc(CSc3ccccc3)no2)c1. The van der Waals surface area contributed by atoms with Crippen molar-refractivity contribution < 1.29 is 9.63 Å². The number of hydrogen-bond donors (Lipinski definition) is 1. The summed E-state index contributed by atoms with van der Waals surface area (Å²) in [4.78, 5) is 9.32. The van der Waals surface area contributed by atoms with Crippen molar-refractivity contribution in [3.05, 3.63) is 54.6 Å². The van der Waals surface area contributed by atoms with Gasteiger partial charge in [0, 0.05) is 11.1 Å². The van der Waals surface area contributed by atoms with Gasteiger partial charge in [0.25, 0.3) is 5.89 Å². The average Bonchev–Trinajstić information content (AvgIpc) is 2.95. The van der Waals surface area contributed by atoms with Gasteiger partial charge in [-0.15, -0.1) is 11.8 Å². The number of pyridine rings is 1. The Balaban J connectivity index is 1.71. The van der Waals surface area contributed by atoms with Gasteiger partial charge in [-0.3, -0.25) is 4.98 Å². The highest BCUT2D eigenvalue weighted by molar-refractivity contribution is 7.98. The first-order valence-corrected chi connectivity index (χ1v) is 6.94. The number of nitrogens with zero attached hydrogens (tertiary/aromatic N) is 3. The summed E-state index contributed by atoms with van der Waals surface area (Å²) in [6.07, 6.45) is 2.92. The highest BCUT2D eigenvalue weighted by atomic mass is 32.2. The topological polar surface area (TPSA) is 72.0 Å². The second-order valence-electron chi connectivity index (χ2n) is 4.05. The van der Waals surface area contributed by atoms with Crippen LogP contribution in [0.3, 0.4) is 0 Å². The van der Waals surface area contributed by atoms with E-state index in [1.807, 2.05) is 30.3 Å². The fraction of sp³-hybridized carbons (Fsp3) is 0.0714. The van der Waals surface area contributed by atoms with Gasteiger partial charge in [0.15, 0.2) is 5.82 Å². The zero-order valence-corrected chi connectivity index (χ0v) is 11.2. The summed E-state index contributed by atoms with van der Waals surface area (Å²) in [5.41, 5.74) is 0.605. The van der Waals surface area contributed by atoms with Crippen LogP contribution >= 0.6 is 11.8 Å². The van der Waals surface area contributed by atoms with Gasteiger partial charge in [-0.1, -0.05) is 23.4 Å². The molecule has 0 aliphatic carbocycles. The lowest BCUT2D eigenvalue weighted by Crippen LogP contribution is -1.84. The standard InChI is InChI=1S/C14H11N3O2S/c18-11-6-10(7-15-8-11)14-16-13(17-19-14)9-20-12-4-2-1-3-5-12/h1-8,18H,9H2. The van der Waals surface area contributed by atoms with Crippen LogP contribution in [0.1, 0.15) is 5.82 Å². The van der Waals surface area contributed by atoms with Gasteiger partial charge in [0.1, 0.15) is 5.75 Å². The lowest BCUT2D eigenvalue weighted by Gasteiger charge is -1.96. The zero-order valence-electron chi connectivity index (χ0n) is 10.4. The predicted molar refractivity (Wildman–Crippen MR) is 75.2 cm³/mol. The highest BCUT2D eigenvalue weighted by Crippen LogP contribution is 2.24. The minimum atomic E-state index is 0.0703. The smallest absolute Gasteiger partial charge is 0.259 e. The van der Waals surface area contributed by atoms with Gasteiger partial charge in [-0.2, -0.15) is 4.98 Å². The number of benzene rings is 1. The molecule has 3 rings (SSSR count). The summed E-state index contributed by atoms with van der Waals surface area (Å²) < 4.78 is 5.17. The molecule has 1 N–H and O–H groups in total. The molecule has 0 atom stereocenters. The van der Waals surface area contributed by atoms with E-state index in [0.717, 1.165) is 4.90 Å². The van der Waals surface area contributed by atoms with Gasteiger partial charge in [0.05, 0.1) is 17.5 Å². The Morgan fingerprint density at radius 2 is 2.00 bits per heavy atom. The van der Waals surface area contributed by atoms with Crippen LogP contribution < -0.4 is 0 Å². The molecule has 0 fully saturated rings.